The highest BCUT2D eigenvalue weighted by Gasteiger charge is 2.29. The van der Waals surface area contributed by atoms with Gasteiger partial charge in [0.1, 0.15) is 0 Å². The monoisotopic (exact) mass is 168 g/mol. The Kier molecular flexibility index (Phi) is 2.66. The zero-order valence-electron chi connectivity index (χ0n) is 8.05. The predicted molar refractivity (Wildman–Crippen MR) is 51.2 cm³/mol. The van der Waals surface area contributed by atoms with E-state index in [1.54, 1.807) is 0 Å². The minimum atomic E-state index is 0.899. The minimum Gasteiger partial charge on any atom is -0.317 e. The van der Waals surface area contributed by atoms with Crippen LogP contribution in [0, 0.1) is 5.92 Å². The molecule has 2 heteroatoms. The number of hydrogen-bond acceptors (Lipinski definition) is 2. The van der Waals surface area contributed by atoms with Crippen LogP contribution in [0.4, 0.5) is 0 Å². The Hall–Kier alpha value is -0.0800. The first-order valence-corrected chi connectivity index (χ1v) is 5.31. The van der Waals surface area contributed by atoms with Gasteiger partial charge in [-0.25, -0.2) is 0 Å². The molecule has 2 rings (SSSR count). The number of likely N-dealkylation sites (tertiary alicyclic amines) is 1. The molecule has 0 saturated carbocycles. The molecule has 2 aliphatic heterocycles. The van der Waals surface area contributed by atoms with E-state index in [2.05, 4.69) is 17.1 Å². The summed E-state index contributed by atoms with van der Waals surface area (Å²) in [5.74, 6) is 0.959. The SMILES string of the molecule is CC1CN(C2CCCNCC2)C1. The summed E-state index contributed by atoms with van der Waals surface area (Å²) < 4.78 is 0. The standard InChI is InChI=1S/C10H20N2/c1-9-7-12(8-9)10-3-2-5-11-6-4-10/h9-11H,2-8H2,1H3. The van der Waals surface area contributed by atoms with Crippen molar-refractivity contribution in [1.29, 1.82) is 0 Å². The molecule has 70 valence electrons. The quantitative estimate of drug-likeness (QED) is 0.630. The third kappa shape index (κ3) is 1.80. The Morgan fingerprint density at radius 2 is 2.00 bits per heavy atom. The highest BCUT2D eigenvalue weighted by atomic mass is 15.2. The van der Waals surface area contributed by atoms with E-state index in [1.165, 1.54) is 45.4 Å². The Morgan fingerprint density at radius 3 is 2.75 bits per heavy atom. The molecule has 12 heavy (non-hydrogen) atoms. The molecule has 0 aliphatic carbocycles. The zero-order valence-corrected chi connectivity index (χ0v) is 8.05. The van der Waals surface area contributed by atoms with Gasteiger partial charge in [0.2, 0.25) is 0 Å². The van der Waals surface area contributed by atoms with Gasteiger partial charge >= 0.3 is 0 Å². The van der Waals surface area contributed by atoms with Crippen LogP contribution >= 0.6 is 0 Å². The summed E-state index contributed by atoms with van der Waals surface area (Å²) in [7, 11) is 0. The lowest BCUT2D eigenvalue weighted by molar-refractivity contribution is 0.0563. The third-order valence-electron chi connectivity index (χ3n) is 3.15. The minimum absolute atomic E-state index is 0.899. The van der Waals surface area contributed by atoms with Crippen LogP contribution in [0.1, 0.15) is 26.2 Å². The van der Waals surface area contributed by atoms with Gasteiger partial charge in [-0.3, -0.25) is 4.90 Å². The molecule has 2 fully saturated rings. The van der Waals surface area contributed by atoms with Crippen molar-refractivity contribution in [1.82, 2.24) is 10.2 Å². The molecule has 1 unspecified atom stereocenters. The summed E-state index contributed by atoms with van der Waals surface area (Å²) in [6.45, 7) is 7.52. The van der Waals surface area contributed by atoms with Gasteiger partial charge in [0.25, 0.3) is 0 Å². The molecule has 0 aromatic rings. The van der Waals surface area contributed by atoms with Gasteiger partial charge in [0.05, 0.1) is 0 Å². The van der Waals surface area contributed by atoms with E-state index in [1.807, 2.05) is 0 Å². The molecule has 0 bridgehead atoms. The van der Waals surface area contributed by atoms with E-state index in [0.29, 0.717) is 0 Å². The highest BCUT2D eigenvalue weighted by molar-refractivity contribution is 4.84. The third-order valence-corrected chi connectivity index (χ3v) is 3.15. The smallest absolute Gasteiger partial charge is 0.0108 e. The Labute approximate surface area is 75.3 Å². The summed E-state index contributed by atoms with van der Waals surface area (Å²) in [6.07, 6.45) is 4.15. The van der Waals surface area contributed by atoms with Crippen LogP contribution < -0.4 is 5.32 Å². The van der Waals surface area contributed by atoms with Crippen molar-refractivity contribution in [3.8, 4) is 0 Å². The Bertz CT molecular complexity index is 133. The average Bonchev–Trinajstić information content (AvgIpc) is 2.26. The summed E-state index contributed by atoms with van der Waals surface area (Å²) >= 11 is 0. The van der Waals surface area contributed by atoms with Crippen molar-refractivity contribution >= 4 is 0 Å². The number of hydrogen-bond donors (Lipinski definition) is 1. The van der Waals surface area contributed by atoms with Gasteiger partial charge in [0.15, 0.2) is 0 Å². The fraction of sp³-hybridized carbons (Fsp3) is 1.00. The molecule has 1 atom stereocenters. The second kappa shape index (κ2) is 3.75. The maximum absolute atomic E-state index is 3.46. The molecule has 0 aromatic heterocycles. The van der Waals surface area contributed by atoms with E-state index in [0.717, 1.165) is 12.0 Å². The van der Waals surface area contributed by atoms with Gasteiger partial charge in [0, 0.05) is 19.1 Å². The molecular weight excluding hydrogens is 148 g/mol. The van der Waals surface area contributed by atoms with E-state index in [4.69, 9.17) is 0 Å². The maximum atomic E-state index is 3.46. The topological polar surface area (TPSA) is 15.3 Å². The van der Waals surface area contributed by atoms with Crippen molar-refractivity contribution < 1.29 is 0 Å². The molecule has 0 spiro atoms. The fourth-order valence-corrected chi connectivity index (χ4v) is 2.41. The van der Waals surface area contributed by atoms with Crippen LogP contribution in [0.15, 0.2) is 0 Å². The molecule has 2 aliphatic rings. The summed E-state index contributed by atoms with van der Waals surface area (Å²) in [5.41, 5.74) is 0. The lowest BCUT2D eigenvalue weighted by Crippen LogP contribution is -2.51. The Balaban J connectivity index is 1.78. The normalized spacial score (nSPS) is 34.2. The molecule has 0 aromatic carbocycles. The van der Waals surface area contributed by atoms with Crippen molar-refractivity contribution in [2.45, 2.75) is 32.2 Å². The van der Waals surface area contributed by atoms with E-state index < -0.39 is 0 Å². The summed E-state index contributed by atoms with van der Waals surface area (Å²) in [5, 5.41) is 3.46. The van der Waals surface area contributed by atoms with Gasteiger partial charge in [-0.1, -0.05) is 6.92 Å². The number of nitrogens with one attached hydrogen (secondary N) is 1. The zero-order chi connectivity index (χ0) is 8.39. The molecule has 2 nitrogen and oxygen atoms in total. The van der Waals surface area contributed by atoms with Gasteiger partial charge < -0.3 is 5.32 Å². The second-order valence-electron chi connectivity index (χ2n) is 4.39. The maximum Gasteiger partial charge on any atom is 0.0108 e. The second-order valence-corrected chi connectivity index (χ2v) is 4.39. The van der Waals surface area contributed by atoms with Gasteiger partial charge in [-0.2, -0.15) is 0 Å². The van der Waals surface area contributed by atoms with Crippen LogP contribution in [-0.2, 0) is 0 Å². The highest BCUT2D eigenvalue weighted by Crippen LogP contribution is 2.22. The van der Waals surface area contributed by atoms with Crippen LogP contribution in [0.2, 0.25) is 0 Å². The first-order valence-electron chi connectivity index (χ1n) is 5.31. The van der Waals surface area contributed by atoms with Crippen molar-refractivity contribution in [3.05, 3.63) is 0 Å². The average molecular weight is 168 g/mol. The van der Waals surface area contributed by atoms with E-state index >= 15 is 0 Å². The van der Waals surface area contributed by atoms with Crippen LogP contribution in [-0.4, -0.2) is 37.1 Å². The predicted octanol–water partition coefficient (Wildman–Crippen LogP) is 1.08. The molecular formula is C10H20N2. The lowest BCUT2D eigenvalue weighted by atomic mass is 9.96. The molecule has 0 radical (unpaired) electrons. The van der Waals surface area contributed by atoms with Crippen molar-refractivity contribution in [3.63, 3.8) is 0 Å². The van der Waals surface area contributed by atoms with Crippen LogP contribution in [0.5, 0.6) is 0 Å². The van der Waals surface area contributed by atoms with Crippen LogP contribution in [0.3, 0.4) is 0 Å². The van der Waals surface area contributed by atoms with Crippen molar-refractivity contribution in [2.24, 2.45) is 5.92 Å². The van der Waals surface area contributed by atoms with Crippen LogP contribution in [0.25, 0.3) is 0 Å². The summed E-state index contributed by atoms with van der Waals surface area (Å²) in [4.78, 5) is 2.66. The Morgan fingerprint density at radius 1 is 1.17 bits per heavy atom. The first kappa shape index (κ1) is 8.52. The molecule has 2 heterocycles. The van der Waals surface area contributed by atoms with Gasteiger partial charge in [-0.05, 0) is 38.3 Å². The van der Waals surface area contributed by atoms with E-state index in [-0.39, 0.29) is 0 Å². The summed E-state index contributed by atoms with van der Waals surface area (Å²) in [6, 6.07) is 0.899. The largest absolute Gasteiger partial charge is 0.317 e. The van der Waals surface area contributed by atoms with E-state index in [9.17, 15) is 0 Å². The lowest BCUT2D eigenvalue weighted by Gasteiger charge is -2.42. The number of rotatable bonds is 1. The van der Waals surface area contributed by atoms with Crippen molar-refractivity contribution in [2.75, 3.05) is 26.2 Å². The molecule has 2 saturated heterocycles. The van der Waals surface area contributed by atoms with Gasteiger partial charge in [-0.15, -0.1) is 0 Å². The molecule has 0 amide bonds. The fourth-order valence-electron chi connectivity index (χ4n) is 2.41. The molecule has 1 N–H and O–H groups in total. The first-order chi connectivity index (χ1) is 5.86. The number of nitrogens with zero attached hydrogens (tertiary/aromatic N) is 1.